The minimum absolute atomic E-state index is 0.0263. The van der Waals surface area contributed by atoms with Gasteiger partial charge in [-0.15, -0.1) is 0 Å². The van der Waals surface area contributed by atoms with Crippen molar-refractivity contribution in [3.05, 3.63) is 50.6 Å². The molecular formula is C13H9ClF3IN2. The lowest BCUT2D eigenvalue weighted by atomic mass is 10.1. The van der Waals surface area contributed by atoms with Crippen molar-refractivity contribution in [1.29, 1.82) is 0 Å². The number of nitrogens with two attached hydrogens (primary N) is 1. The van der Waals surface area contributed by atoms with Gasteiger partial charge in [-0.3, -0.25) is 0 Å². The van der Waals surface area contributed by atoms with Crippen molar-refractivity contribution in [2.45, 2.75) is 6.18 Å². The van der Waals surface area contributed by atoms with E-state index in [9.17, 15) is 13.2 Å². The summed E-state index contributed by atoms with van der Waals surface area (Å²) in [4.78, 5) is 0. The van der Waals surface area contributed by atoms with Crippen LogP contribution in [0.5, 0.6) is 0 Å². The Hall–Kier alpha value is -1.15. The maximum atomic E-state index is 13.0. The van der Waals surface area contributed by atoms with E-state index >= 15 is 0 Å². The molecule has 0 atom stereocenters. The van der Waals surface area contributed by atoms with E-state index in [1.54, 1.807) is 18.2 Å². The largest absolute Gasteiger partial charge is 0.418 e. The summed E-state index contributed by atoms with van der Waals surface area (Å²) in [5, 5.41) is 2.72. The number of nitrogens with one attached hydrogen (secondary N) is 1. The summed E-state index contributed by atoms with van der Waals surface area (Å²) in [5.74, 6) is 0. The Morgan fingerprint density at radius 3 is 2.30 bits per heavy atom. The van der Waals surface area contributed by atoms with Crippen molar-refractivity contribution in [2.75, 3.05) is 11.1 Å². The second-order valence-electron chi connectivity index (χ2n) is 4.04. The van der Waals surface area contributed by atoms with Gasteiger partial charge in [-0.1, -0.05) is 11.6 Å². The van der Waals surface area contributed by atoms with E-state index in [1.807, 2.05) is 0 Å². The van der Waals surface area contributed by atoms with Crippen LogP contribution in [0.25, 0.3) is 0 Å². The zero-order valence-corrected chi connectivity index (χ0v) is 12.8. The number of alkyl halides is 3. The summed E-state index contributed by atoms with van der Waals surface area (Å²) < 4.78 is 39.8. The molecule has 2 aromatic carbocycles. The van der Waals surface area contributed by atoms with Gasteiger partial charge in [0.2, 0.25) is 0 Å². The molecule has 0 saturated heterocycles. The molecule has 0 heterocycles. The summed E-state index contributed by atoms with van der Waals surface area (Å²) in [6.45, 7) is 0. The average Bonchev–Trinajstić information content (AvgIpc) is 2.33. The molecule has 0 bridgehead atoms. The molecule has 0 aliphatic heterocycles. The fourth-order valence-corrected chi connectivity index (χ4v) is 2.34. The van der Waals surface area contributed by atoms with Crippen molar-refractivity contribution < 1.29 is 13.2 Å². The first-order chi connectivity index (χ1) is 9.27. The molecular weight excluding hydrogens is 404 g/mol. The average molecular weight is 413 g/mol. The Kier molecular flexibility index (Phi) is 4.33. The molecule has 0 saturated carbocycles. The van der Waals surface area contributed by atoms with E-state index in [2.05, 4.69) is 27.9 Å². The van der Waals surface area contributed by atoms with Crippen LogP contribution in [-0.4, -0.2) is 0 Å². The van der Waals surface area contributed by atoms with Crippen LogP contribution in [0.1, 0.15) is 5.56 Å². The van der Waals surface area contributed by atoms with Crippen LogP contribution in [0.15, 0.2) is 36.4 Å². The second-order valence-corrected chi connectivity index (χ2v) is 5.73. The predicted molar refractivity (Wildman–Crippen MR) is 83.3 cm³/mol. The lowest BCUT2D eigenvalue weighted by Crippen LogP contribution is -2.09. The third-order valence-electron chi connectivity index (χ3n) is 2.57. The standard InChI is InChI=1S/C13H9ClF3IN2/c14-7-1-3-11(9(5-7)13(15,16)17)20-12-4-2-8(18)6-10(12)19/h1-6,20H,19H2. The first-order valence-electron chi connectivity index (χ1n) is 5.46. The summed E-state index contributed by atoms with van der Waals surface area (Å²) in [5.41, 5.74) is 5.65. The van der Waals surface area contributed by atoms with Gasteiger partial charge in [0.05, 0.1) is 22.6 Å². The Balaban J connectivity index is 2.43. The molecule has 7 heteroatoms. The summed E-state index contributed by atoms with van der Waals surface area (Å²) in [7, 11) is 0. The van der Waals surface area contributed by atoms with Gasteiger partial charge in [-0.2, -0.15) is 13.2 Å². The van der Waals surface area contributed by atoms with Crippen LogP contribution in [0.2, 0.25) is 5.02 Å². The number of halogens is 5. The molecule has 0 aromatic heterocycles. The lowest BCUT2D eigenvalue weighted by molar-refractivity contribution is -0.136. The number of benzene rings is 2. The molecule has 20 heavy (non-hydrogen) atoms. The Morgan fingerprint density at radius 2 is 1.70 bits per heavy atom. The van der Waals surface area contributed by atoms with Crippen molar-refractivity contribution in [3.8, 4) is 0 Å². The van der Waals surface area contributed by atoms with E-state index in [0.29, 0.717) is 11.4 Å². The third-order valence-corrected chi connectivity index (χ3v) is 3.48. The summed E-state index contributed by atoms with van der Waals surface area (Å²) >= 11 is 7.70. The van der Waals surface area contributed by atoms with Crippen molar-refractivity contribution in [1.82, 2.24) is 0 Å². The van der Waals surface area contributed by atoms with E-state index in [-0.39, 0.29) is 10.7 Å². The fourth-order valence-electron chi connectivity index (χ4n) is 1.65. The number of nitrogen functional groups attached to an aromatic ring is 1. The van der Waals surface area contributed by atoms with Gasteiger partial charge in [-0.05, 0) is 59.0 Å². The molecule has 0 aliphatic rings. The molecule has 2 rings (SSSR count). The molecule has 0 fully saturated rings. The zero-order valence-electron chi connectivity index (χ0n) is 9.93. The zero-order chi connectivity index (χ0) is 14.9. The molecule has 2 nitrogen and oxygen atoms in total. The highest BCUT2D eigenvalue weighted by Crippen LogP contribution is 2.38. The quantitative estimate of drug-likeness (QED) is 0.520. The van der Waals surface area contributed by atoms with Gasteiger partial charge in [0, 0.05) is 8.59 Å². The number of rotatable bonds is 2. The van der Waals surface area contributed by atoms with Crippen molar-refractivity contribution >= 4 is 51.3 Å². The predicted octanol–water partition coefficient (Wildman–Crippen LogP) is 5.29. The van der Waals surface area contributed by atoms with Crippen molar-refractivity contribution in [2.24, 2.45) is 0 Å². The maximum absolute atomic E-state index is 13.0. The lowest BCUT2D eigenvalue weighted by Gasteiger charge is -2.16. The van der Waals surface area contributed by atoms with Crippen LogP contribution in [0, 0.1) is 3.57 Å². The van der Waals surface area contributed by atoms with Gasteiger partial charge in [-0.25, -0.2) is 0 Å². The first-order valence-corrected chi connectivity index (χ1v) is 6.92. The first kappa shape index (κ1) is 15.2. The van der Waals surface area contributed by atoms with Crippen LogP contribution in [0.3, 0.4) is 0 Å². The van der Waals surface area contributed by atoms with Gasteiger partial charge in [0.15, 0.2) is 0 Å². The molecule has 0 amide bonds. The summed E-state index contributed by atoms with van der Waals surface area (Å²) in [6, 6.07) is 8.61. The second kappa shape index (κ2) is 5.69. The van der Waals surface area contributed by atoms with E-state index < -0.39 is 11.7 Å². The maximum Gasteiger partial charge on any atom is 0.418 e. The van der Waals surface area contributed by atoms with Crippen LogP contribution >= 0.6 is 34.2 Å². The van der Waals surface area contributed by atoms with Gasteiger partial charge < -0.3 is 11.1 Å². The topological polar surface area (TPSA) is 38.0 Å². The van der Waals surface area contributed by atoms with E-state index in [1.165, 1.54) is 12.1 Å². The SMILES string of the molecule is Nc1cc(I)ccc1Nc1ccc(Cl)cc1C(F)(F)F. The highest BCUT2D eigenvalue weighted by atomic mass is 127. The fraction of sp³-hybridized carbons (Fsp3) is 0.0769. The molecule has 0 unspecified atom stereocenters. The van der Waals surface area contributed by atoms with Gasteiger partial charge in [0.25, 0.3) is 0 Å². The molecule has 106 valence electrons. The molecule has 0 radical (unpaired) electrons. The molecule has 2 aromatic rings. The normalized spacial score (nSPS) is 11.4. The minimum atomic E-state index is -4.49. The monoisotopic (exact) mass is 412 g/mol. The molecule has 0 spiro atoms. The third kappa shape index (κ3) is 3.49. The highest BCUT2D eigenvalue weighted by molar-refractivity contribution is 14.1. The highest BCUT2D eigenvalue weighted by Gasteiger charge is 2.33. The van der Waals surface area contributed by atoms with Crippen LogP contribution < -0.4 is 11.1 Å². The number of hydrogen-bond donors (Lipinski definition) is 2. The van der Waals surface area contributed by atoms with Crippen molar-refractivity contribution in [3.63, 3.8) is 0 Å². The van der Waals surface area contributed by atoms with Gasteiger partial charge in [0.1, 0.15) is 0 Å². The Labute approximate surface area is 132 Å². The van der Waals surface area contributed by atoms with Crippen LogP contribution in [0.4, 0.5) is 30.2 Å². The Morgan fingerprint density at radius 1 is 1.05 bits per heavy atom. The summed E-state index contributed by atoms with van der Waals surface area (Å²) in [6.07, 6.45) is -4.49. The van der Waals surface area contributed by atoms with Crippen LogP contribution in [-0.2, 0) is 6.18 Å². The number of hydrogen-bond acceptors (Lipinski definition) is 2. The Bertz CT molecular complexity index is 644. The number of anilines is 3. The molecule has 0 aliphatic carbocycles. The van der Waals surface area contributed by atoms with Gasteiger partial charge >= 0.3 is 6.18 Å². The van der Waals surface area contributed by atoms with E-state index in [4.69, 9.17) is 17.3 Å². The molecule has 3 N–H and O–H groups in total. The van der Waals surface area contributed by atoms with E-state index in [0.717, 1.165) is 9.64 Å². The minimum Gasteiger partial charge on any atom is -0.397 e. The smallest absolute Gasteiger partial charge is 0.397 e.